The second-order valence-electron chi connectivity index (χ2n) is 4.60. The maximum absolute atomic E-state index is 5.50. The molecule has 1 N–H and O–H groups in total. The van der Waals surface area contributed by atoms with Crippen LogP contribution in [0.15, 0.2) is 10.7 Å². The third kappa shape index (κ3) is 4.53. The monoisotopic (exact) mass is 313 g/mol. The molecule has 1 heterocycles. The van der Waals surface area contributed by atoms with Gasteiger partial charge < -0.3 is 10.1 Å². The Hall–Kier alpha value is -0.680. The van der Waals surface area contributed by atoms with Crippen LogP contribution < -0.4 is 5.32 Å². The standard InChI is InChI=1S/C13H20BrN3O/c1-2-3-7-18-8-6-15-12-9-11(14)16-13(17-12)10-4-5-10/h9-10H,2-8H2,1H3,(H,15,16,17). The van der Waals surface area contributed by atoms with Gasteiger partial charge in [0.05, 0.1) is 6.61 Å². The summed E-state index contributed by atoms with van der Waals surface area (Å²) in [6, 6.07) is 1.91. The highest BCUT2D eigenvalue weighted by molar-refractivity contribution is 9.10. The number of unbranched alkanes of at least 4 members (excludes halogenated alkanes) is 1. The summed E-state index contributed by atoms with van der Waals surface area (Å²) >= 11 is 3.43. The number of anilines is 1. The van der Waals surface area contributed by atoms with Crippen molar-refractivity contribution in [3.05, 3.63) is 16.5 Å². The van der Waals surface area contributed by atoms with Gasteiger partial charge in [0.15, 0.2) is 0 Å². The van der Waals surface area contributed by atoms with Crippen LogP contribution in [0.3, 0.4) is 0 Å². The molecular formula is C13H20BrN3O. The van der Waals surface area contributed by atoms with Crippen molar-refractivity contribution >= 4 is 21.7 Å². The SMILES string of the molecule is CCCCOCCNc1cc(Br)nc(C2CC2)n1. The van der Waals surface area contributed by atoms with Gasteiger partial charge in [-0.15, -0.1) is 0 Å². The van der Waals surface area contributed by atoms with E-state index in [1.165, 1.54) is 19.3 Å². The van der Waals surface area contributed by atoms with E-state index in [0.717, 1.165) is 42.4 Å². The van der Waals surface area contributed by atoms with E-state index in [1.54, 1.807) is 0 Å². The lowest BCUT2D eigenvalue weighted by molar-refractivity contribution is 0.141. The van der Waals surface area contributed by atoms with Crippen molar-refractivity contribution in [1.29, 1.82) is 0 Å². The predicted octanol–water partition coefficient (Wildman–Crippen LogP) is 3.35. The summed E-state index contributed by atoms with van der Waals surface area (Å²) in [5.74, 6) is 2.42. The topological polar surface area (TPSA) is 47.0 Å². The van der Waals surface area contributed by atoms with E-state index in [-0.39, 0.29) is 0 Å². The normalized spacial score (nSPS) is 14.8. The van der Waals surface area contributed by atoms with Crippen LogP contribution in [0, 0.1) is 0 Å². The smallest absolute Gasteiger partial charge is 0.135 e. The largest absolute Gasteiger partial charge is 0.380 e. The molecule has 4 nitrogen and oxygen atoms in total. The molecule has 1 aromatic rings. The van der Waals surface area contributed by atoms with E-state index in [0.29, 0.717) is 5.92 Å². The van der Waals surface area contributed by atoms with Crippen LogP contribution in [0.25, 0.3) is 0 Å². The minimum Gasteiger partial charge on any atom is -0.380 e. The Morgan fingerprint density at radius 1 is 1.39 bits per heavy atom. The van der Waals surface area contributed by atoms with E-state index in [2.05, 4.69) is 38.1 Å². The maximum atomic E-state index is 5.50. The van der Waals surface area contributed by atoms with Crippen molar-refractivity contribution in [2.75, 3.05) is 25.1 Å². The third-order valence-electron chi connectivity index (χ3n) is 2.85. The molecule has 0 aliphatic heterocycles. The van der Waals surface area contributed by atoms with Crippen molar-refractivity contribution in [3.63, 3.8) is 0 Å². The van der Waals surface area contributed by atoms with Gasteiger partial charge in [0.1, 0.15) is 16.2 Å². The summed E-state index contributed by atoms with van der Waals surface area (Å²) in [7, 11) is 0. The highest BCUT2D eigenvalue weighted by Gasteiger charge is 2.27. The van der Waals surface area contributed by atoms with E-state index < -0.39 is 0 Å². The molecule has 0 spiro atoms. The van der Waals surface area contributed by atoms with E-state index in [9.17, 15) is 0 Å². The molecule has 0 saturated heterocycles. The fourth-order valence-corrected chi connectivity index (χ4v) is 2.05. The highest BCUT2D eigenvalue weighted by Crippen LogP contribution is 2.38. The van der Waals surface area contributed by atoms with Crippen molar-refractivity contribution in [2.45, 2.75) is 38.5 Å². The number of hydrogen-bond donors (Lipinski definition) is 1. The van der Waals surface area contributed by atoms with Crippen molar-refractivity contribution < 1.29 is 4.74 Å². The van der Waals surface area contributed by atoms with Crippen LogP contribution in [0.2, 0.25) is 0 Å². The van der Waals surface area contributed by atoms with Crippen LogP contribution in [0.1, 0.15) is 44.3 Å². The molecule has 0 atom stereocenters. The van der Waals surface area contributed by atoms with Gasteiger partial charge in [-0.05, 0) is 35.2 Å². The molecule has 0 amide bonds. The third-order valence-corrected chi connectivity index (χ3v) is 3.26. The zero-order valence-electron chi connectivity index (χ0n) is 10.8. The molecule has 2 rings (SSSR count). The first kappa shape index (κ1) is 13.7. The molecule has 1 fully saturated rings. The number of hydrogen-bond acceptors (Lipinski definition) is 4. The van der Waals surface area contributed by atoms with Crippen LogP contribution >= 0.6 is 15.9 Å². The number of rotatable bonds is 8. The zero-order valence-corrected chi connectivity index (χ0v) is 12.4. The number of nitrogens with zero attached hydrogens (tertiary/aromatic N) is 2. The van der Waals surface area contributed by atoms with Crippen molar-refractivity contribution in [3.8, 4) is 0 Å². The van der Waals surface area contributed by atoms with Gasteiger partial charge in [-0.2, -0.15) is 0 Å². The zero-order chi connectivity index (χ0) is 12.8. The van der Waals surface area contributed by atoms with Crippen LogP contribution in [-0.2, 0) is 4.74 Å². The quantitative estimate of drug-likeness (QED) is 0.590. The van der Waals surface area contributed by atoms with Gasteiger partial charge in [0.2, 0.25) is 0 Å². The first-order valence-electron chi connectivity index (χ1n) is 6.65. The van der Waals surface area contributed by atoms with E-state index in [4.69, 9.17) is 4.74 Å². The lowest BCUT2D eigenvalue weighted by Crippen LogP contribution is -2.11. The van der Waals surface area contributed by atoms with Crippen LogP contribution in [0.4, 0.5) is 5.82 Å². The molecule has 1 aliphatic rings. The molecule has 1 aliphatic carbocycles. The fraction of sp³-hybridized carbons (Fsp3) is 0.692. The molecule has 5 heteroatoms. The van der Waals surface area contributed by atoms with Gasteiger partial charge in [0.25, 0.3) is 0 Å². The maximum Gasteiger partial charge on any atom is 0.135 e. The van der Waals surface area contributed by atoms with Gasteiger partial charge in [-0.1, -0.05) is 13.3 Å². The Labute approximate surface area is 117 Å². The summed E-state index contributed by atoms with van der Waals surface area (Å²) in [6.45, 7) is 4.52. The number of nitrogens with one attached hydrogen (secondary N) is 1. The van der Waals surface area contributed by atoms with Crippen molar-refractivity contribution in [1.82, 2.24) is 9.97 Å². The van der Waals surface area contributed by atoms with Gasteiger partial charge in [0, 0.05) is 25.1 Å². The molecule has 18 heavy (non-hydrogen) atoms. The minimum absolute atomic E-state index is 0.573. The predicted molar refractivity (Wildman–Crippen MR) is 75.9 cm³/mol. The molecule has 0 radical (unpaired) electrons. The Bertz CT molecular complexity index is 382. The summed E-state index contributed by atoms with van der Waals surface area (Å²) < 4.78 is 6.35. The number of halogens is 1. The minimum atomic E-state index is 0.573. The number of ether oxygens (including phenoxy) is 1. The second-order valence-corrected chi connectivity index (χ2v) is 5.41. The molecule has 0 bridgehead atoms. The Morgan fingerprint density at radius 3 is 2.94 bits per heavy atom. The molecule has 0 unspecified atom stereocenters. The van der Waals surface area contributed by atoms with Gasteiger partial charge in [-0.3, -0.25) is 0 Å². The lowest BCUT2D eigenvalue weighted by Gasteiger charge is -2.08. The lowest BCUT2D eigenvalue weighted by atomic mass is 10.4. The van der Waals surface area contributed by atoms with E-state index in [1.807, 2.05) is 6.07 Å². The summed E-state index contributed by atoms with van der Waals surface area (Å²) in [4.78, 5) is 8.92. The molecule has 0 aromatic carbocycles. The number of aromatic nitrogens is 2. The first-order valence-corrected chi connectivity index (χ1v) is 7.45. The van der Waals surface area contributed by atoms with E-state index >= 15 is 0 Å². The first-order chi connectivity index (χ1) is 8.79. The Kier molecular flexibility index (Phi) is 5.38. The fourth-order valence-electron chi connectivity index (χ4n) is 1.65. The highest BCUT2D eigenvalue weighted by atomic mass is 79.9. The average Bonchev–Trinajstić information content (AvgIpc) is 3.17. The van der Waals surface area contributed by atoms with Gasteiger partial charge >= 0.3 is 0 Å². The Balaban J connectivity index is 1.74. The second kappa shape index (κ2) is 7.04. The molecule has 100 valence electrons. The Morgan fingerprint density at radius 2 is 2.22 bits per heavy atom. The van der Waals surface area contributed by atoms with Crippen LogP contribution in [0.5, 0.6) is 0 Å². The van der Waals surface area contributed by atoms with Crippen LogP contribution in [-0.4, -0.2) is 29.7 Å². The molecular weight excluding hydrogens is 294 g/mol. The average molecular weight is 314 g/mol. The molecule has 1 aromatic heterocycles. The summed E-state index contributed by atoms with van der Waals surface area (Å²) in [6.07, 6.45) is 4.74. The summed E-state index contributed by atoms with van der Waals surface area (Å²) in [5.41, 5.74) is 0. The van der Waals surface area contributed by atoms with Gasteiger partial charge in [-0.25, -0.2) is 9.97 Å². The summed E-state index contributed by atoms with van der Waals surface area (Å²) in [5, 5.41) is 3.28. The molecule has 1 saturated carbocycles. The van der Waals surface area contributed by atoms with Crippen molar-refractivity contribution in [2.24, 2.45) is 0 Å².